The Balaban J connectivity index is 2.94. The van der Waals surface area contributed by atoms with Crippen LogP contribution in [0, 0.1) is 0 Å². The molecule has 6 nitrogen and oxygen atoms in total. The molecule has 0 fully saturated rings. The SMILES string of the molecule is CCCN(CC(=O)OC)c1ncc(Br)c(OC)n1. The number of nitrogens with zero attached hydrogens (tertiary/aromatic N) is 3. The lowest BCUT2D eigenvalue weighted by atomic mass is 10.4. The van der Waals surface area contributed by atoms with Crippen molar-refractivity contribution in [1.82, 2.24) is 9.97 Å². The Morgan fingerprint density at radius 3 is 2.78 bits per heavy atom. The predicted octanol–water partition coefficient (Wildman–Crippen LogP) is 1.64. The van der Waals surface area contributed by atoms with Crippen LogP contribution >= 0.6 is 15.9 Å². The van der Waals surface area contributed by atoms with Crippen LogP contribution in [0.2, 0.25) is 0 Å². The number of aromatic nitrogens is 2. The third-order valence-corrected chi connectivity index (χ3v) is 2.76. The molecular weight excluding hydrogens is 302 g/mol. The number of ether oxygens (including phenoxy) is 2. The maximum Gasteiger partial charge on any atom is 0.325 e. The first kappa shape index (κ1) is 14.7. The molecule has 18 heavy (non-hydrogen) atoms. The molecule has 1 rings (SSSR count). The van der Waals surface area contributed by atoms with Crippen LogP contribution in [0.15, 0.2) is 10.7 Å². The van der Waals surface area contributed by atoms with Gasteiger partial charge in [-0.2, -0.15) is 4.98 Å². The largest absolute Gasteiger partial charge is 0.480 e. The van der Waals surface area contributed by atoms with Gasteiger partial charge in [0.1, 0.15) is 6.54 Å². The smallest absolute Gasteiger partial charge is 0.325 e. The lowest BCUT2D eigenvalue weighted by Crippen LogP contribution is -2.32. The molecule has 0 aliphatic carbocycles. The standard InChI is InChI=1S/C11H16BrN3O3/c1-4-5-15(7-9(16)17-2)11-13-6-8(12)10(14-11)18-3/h6H,4-5,7H2,1-3H3. The van der Waals surface area contributed by atoms with Crippen molar-refractivity contribution < 1.29 is 14.3 Å². The molecule has 1 aromatic rings. The van der Waals surface area contributed by atoms with E-state index in [0.717, 1.165) is 6.42 Å². The number of hydrogen-bond acceptors (Lipinski definition) is 6. The monoisotopic (exact) mass is 317 g/mol. The molecule has 100 valence electrons. The highest BCUT2D eigenvalue weighted by atomic mass is 79.9. The van der Waals surface area contributed by atoms with Gasteiger partial charge in [-0.1, -0.05) is 6.92 Å². The molecule has 7 heteroatoms. The molecule has 0 amide bonds. The first-order chi connectivity index (χ1) is 8.62. The molecule has 0 aliphatic heterocycles. The third kappa shape index (κ3) is 3.83. The zero-order chi connectivity index (χ0) is 13.5. The van der Waals surface area contributed by atoms with Gasteiger partial charge in [-0.15, -0.1) is 0 Å². The van der Waals surface area contributed by atoms with E-state index in [9.17, 15) is 4.79 Å². The summed E-state index contributed by atoms with van der Waals surface area (Å²) in [6, 6.07) is 0. The number of esters is 1. The minimum Gasteiger partial charge on any atom is -0.480 e. The van der Waals surface area contributed by atoms with Gasteiger partial charge >= 0.3 is 5.97 Å². The Labute approximate surface area is 114 Å². The predicted molar refractivity (Wildman–Crippen MR) is 70.8 cm³/mol. The maximum atomic E-state index is 11.3. The zero-order valence-electron chi connectivity index (χ0n) is 10.6. The molecule has 0 aromatic carbocycles. The third-order valence-electron chi connectivity index (χ3n) is 2.22. The fourth-order valence-corrected chi connectivity index (χ4v) is 1.73. The number of rotatable bonds is 6. The van der Waals surface area contributed by atoms with Crippen LogP contribution in [-0.4, -0.2) is 43.2 Å². The highest BCUT2D eigenvalue weighted by Crippen LogP contribution is 2.23. The van der Waals surface area contributed by atoms with Crippen molar-refractivity contribution in [3.8, 4) is 5.88 Å². The summed E-state index contributed by atoms with van der Waals surface area (Å²) < 4.78 is 10.4. The molecule has 1 aromatic heterocycles. The molecule has 0 saturated heterocycles. The summed E-state index contributed by atoms with van der Waals surface area (Å²) in [7, 11) is 2.89. The second-order valence-electron chi connectivity index (χ2n) is 3.52. The number of carbonyl (C=O) groups excluding carboxylic acids is 1. The first-order valence-corrected chi connectivity index (χ1v) is 6.30. The van der Waals surface area contributed by atoms with E-state index in [1.165, 1.54) is 14.2 Å². The highest BCUT2D eigenvalue weighted by Gasteiger charge is 2.15. The van der Waals surface area contributed by atoms with Crippen LogP contribution in [0.3, 0.4) is 0 Å². The van der Waals surface area contributed by atoms with E-state index in [4.69, 9.17) is 4.74 Å². The molecule has 0 saturated carbocycles. The molecule has 0 spiro atoms. The van der Waals surface area contributed by atoms with Gasteiger partial charge in [0, 0.05) is 6.54 Å². The van der Waals surface area contributed by atoms with Gasteiger partial charge in [0.25, 0.3) is 0 Å². The summed E-state index contributed by atoms with van der Waals surface area (Å²) in [5.41, 5.74) is 0. The molecule has 0 unspecified atom stereocenters. The topological polar surface area (TPSA) is 64.6 Å². The fourth-order valence-electron chi connectivity index (χ4n) is 1.38. The van der Waals surface area contributed by atoms with Crippen molar-refractivity contribution in [2.24, 2.45) is 0 Å². The number of hydrogen-bond donors (Lipinski definition) is 0. The van der Waals surface area contributed by atoms with E-state index >= 15 is 0 Å². The summed E-state index contributed by atoms with van der Waals surface area (Å²) in [4.78, 5) is 21.5. The van der Waals surface area contributed by atoms with Gasteiger partial charge in [-0.3, -0.25) is 4.79 Å². The van der Waals surface area contributed by atoms with Crippen LogP contribution in [-0.2, 0) is 9.53 Å². The van der Waals surface area contributed by atoms with E-state index in [2.05, 4.69) is 30.6 Å². The van der Waals surface area contributed by atoms with E-state index in [1.807, 2.05) is 6.92 Å². The second-order valence-corrected chi connectivity index (χ2v) is 4.38. The van der Waals surface area contributed by atoms with Crippen LogP contribution in [0.4, 0.5) is 5.95 Å². The van der Waals surface area contributed by atoms with Crippen molar-refractivity contribution in [2.75, 3.05) is 32.2 Å². The Bertz CT molecular complexity index is 415. The number of methoxy groups -OCH3 is 2. The maximum absolute atomic E-state index is 11.3. The molecule has 0 radical (unpaired) electrons. The summed E-state index contributed by atoms with van der Waals surface area (Å²) in [6.07, 6.45) is 2.47. The quantitative estimate of drug-likeness (QED) is 0.743. The van der Waals surface area contributed by atoms with Crippen molar-refractivity contribution in [1.29, 1.82) is 0 Å². The molecular formula is C11H16BrN3O3. The first-order valence-electron chi connectivity index (χ1n) is 5.50. The average molecular weight is 318 g/mol. The van der Waals surface area contributed by atoms with Gasteiger partial charge < -0.3 is 14.4 Å². The highest BCUT2D eigenvalue weighted by molar-refractivity contribution is 9.10. The summed E-state index contributed by atoms with van der Waals surface area (Å²) in [5.74, 6) is 0.558. The molecule has 0 atom stereocenters. The van der Waals surface area contributed by atoms with E-state index in [1.54, 1.807) is 11.1 Å². The normalized spacial score (nSPS) is 10.0. The Morgan fingerprint density at radius 2 is 2.22 bits per heavy atom. The van der Waals surface area contributed by atoms with Crippen LogP contribution in [0.25, 0.3) is 0 Å². The molecule has 0 bridgehead atoms. The lowest BCUT2D eigenvalue weighted by Gasteiger charge is -2.20. The van der Waals surface area contributed by atoms with Crippen molar-refractivity contribution in [3.63, 3.8) is 0 Å². The minimum absolute atomic E-state index is 0.120. The summed E-state index contributed by atoms with van der Waals surface area (Å²) >= 11 is 3.28. The summed E-state index contributed by atoms with van der Waals surface area (Å²) in [5, 5.41) is 0. The molecule has 0 N–H and O–H groups in total. The second kappa shape index (κ2) is 7.15. The van der Waals surface area contributed by atoms with Gasteiger partial charge in [0.15, 0.2) is 0 Å². The number of anilines is 1. The van der Waals surface area contributed by atoms with Crippen LogP contribution in [0.5, 0.6) is 5.88 Å². The number of carbonyl (C=O) groups is 1. The van der Waals surface area contributed by atoms with Crippen molar-refractivity contribution >= 4 is 27.8 Å². The summed E-state index contributed by atoms with van der Waals surface area (Å²) in [6.45, 7) is 2.80. The minimum atomic E-state index is -0.325. The van der Waals surface area contributed by atoms with Gasteiger partial charge in [0.05, 0.1) is 24.9 Å². The van der Waals surface area contributed by atoms with Crippen LogP contribution in [0.1, 0.15) is 13.3 Å². The van der Waals surface area contributed by atoms with Gasteiger partial charge in [-0.25, -0.2) is 4.98 Å². The molecule has 0 aliphatic rings. The number of halogens is 1. The zero-order valence-corrected chi connectivity index (χ0v) is 12.2. The van der Waals surface area contributed by atoms with Crippen molar-refractivity contribution in [2.45, 2.75) is 13.3 Å². The Morgan fingerprint density at radius 1 is 1.50 bits per heavy atom. The van der Waals surface area contributed by atoms with E-state index < -0.39 is 0 Å². The Kier molecular flexibility index (Phi) is 5.84. The van der Waals surface area contributed by atoms with Gasteiger partial charge in [0.2, 0.25) is 11.8 Å². The van der Waals surface area contributed by atoms with Gasteiger partial charge in [-0.05, 0) is 22.4 Å². The van der Waals surface area contributed by atoms with Crippen molar-refractivity contribution in [3.05, 3.63) is 10.7 Å². The Hall–Kier alpha value is -1.37. The lowest BCUT2D eigenvalue weighted by molar-refractivity contribution is -0.138. The average Bonchev–Trinajstić information content (AvgIpc) is 2.38. The van der Waals surface area contributed by atoms with E-state index in [-0.39, 0.29) is 12.5 Å². The molecule has 1 heterocycles. The fraction of sp³-hybridized carbons (Fsp3) is 0.545. The van der Waals surface area contributed by atoms with E-state index in [0.29, 0.717) is 22.8 Å². The van der Waals surface area contributed by atoms with Crippen LogP contribution < -0.4 is 9.64 Å².